The van der Waals surface area contributed by atoms with Crippen LogP contribution in [0.25, 0.3) is 11.5 Å². The molecule has 0 spiro atoms. The second-order valence-corrected chi connectivity index (χ2v) is 6.63. The summed E-state index contributed by atoms with van der Waals surface area (Å²) >= 11 is 7.38. The Balaban J connectivity index is 1.50. The molecule has 1 aromatic heterocycles. The second-order valence-electron chi connectivity index (χ2n) is 5.02. The highest BCUT2D eigenvalue weighted by Crippen LogP contribution is 2.23. The van der Waals surface area contributed by atoms with Crippen LogP contribution < -0.4 is 5.32 Å². The summed E-state index contributed by atoms with van der Waals surface area (Å²) in [6, 6.07) is 13.1. The van der Waals surface area contributed by atoms with Gasteiger partial charge in [0.05, 0.1) is 0 Å². The van der Waals surface area contributed by atoms with Crippen molar-refractivity contribution in [3.05, 3.63) is 59.4 Å². The first-order valence-corrected chi connectivity index (χ1v) is 8.74. The van der Waals surface area contributed by atoms with Crippen molar-refractivity contribution in [2.75, 3.05) is 11.1 Å². The minimum absolute atomic E-state index is 0.0340. The van der Waals surface area contributed by atoms with Gasteiger partial charge in [-0.2, -0.15) is 0 Å². The third-order valence-corrected chi connectivity index (χ3v) is 4.40. The molecule has 2 aromatic carbocycles. The average Bonchev–Trinajstić information content (AvgIpc) is 3.05. The van der Waals surface area contributed by atoms with Crippen LogP contribution in [0.5, 0.6) is 0 Å². The average molecular weight is 378 g/mol. The van der Waals surface area contributed by atoms with E-state index in [1.165, 1.54) is 23.9 Å². The molecule has 25 heavy (non-hydrogen) atoms. The third-order valence-electron chi connectivity index (χ3n) is 3.15. The van der Waals surface area contributed by atoms with Gasteiger partial charge in [0, 0.05) is 27.7 Å². The van der Waals surface area contributed by atoms with Crippen molar-refractivity contribution in [3.8, 4) is 11.5 Å². The van der Waals surface area contributed by atoms with Crippen LogP contribution >= 0.6 is 23.4 Å². The van der Waals surface area contributed by atoms with Crippen molar-refractivity contribution in [1.29, 1.82) is 0 Å². The van der Waals surface area contributed by atoms with Gasteiger partial charge >= 0.3 is 6.01 Å². The highest BCUT2D eigenvalue weighted by molar-refractivity contribution is 7.99. The summed E-state index contributed by atoms with van der Waals surface area (Å²) in [5.41, 5.74) is 0.673. The zero-order chi connectivity index (χ0) is 17.6. The predicted molar refractivity (Wildman–Crippen MR) is 95.1 cm³/mol. The first-order chi connectivity index (χ1) is 12.1. The number of carbonyl (C=O) groups excluding carboxylic acids is 1. The fraction of sp³-hybridized carbons (Fsp3) is 0.118. The van der Waals surface area contributed by atoms with E-state index >= 15 is 0 Å². The third kappa shape index (κ3) is 5.04. The number of benzene rings is 2. The summed E-state index contributed by atoms with van der Waals surface area (Å²) in [7, 11) is 0. The molecule has 3 rings (SSSR count). The van der Waals surface area contributed by atoms with Gasteiger partial charge in [-0.1, -0.05) is 22.8 Å². The number of nitrogens with one attached hydrogen (secondary N) is 1. The summed E-state index contributed by atoms with van der Waals surface area (Å²) in [6.45, 7) is 0. The van der Waals surface area contributed by atoms with Gasteiger partial charge < -0.3 is 4.42 Å². The van der Waals surface area contributed by atoms with E-state index in [0.29, 0.717) is 16.3 Å². The smallest absolute Gasteiger partial charge is 0.322 e. The van der Waals surface area contributed by atoms with Crippen LogP contribution in [-0.4, -0.2) is 21.9 Å². The van der Waals surface area contributed by atoms with Gasteiger partial charge in [-0.3, -0.25) is 10.1 Å². The highest BCUT2D eigenvalue weighted by atomic mass is 35.5. The van der Waals surface area contributed by atoms with Crippen molar-refractivity contribution < 1.29 is 13.6 Å². The van der Waals surface area contributed by atoms with Crippen LogP contribution in [0.3, 0.4) is 0 Å². The molecule has 0 saturated heterocycles. The number of aromatic nitrogens is 2. The molecule has 5 nitrogen and oxygen atoms in total. The minimum atomic E-state index is -0.283. The lowest BCUT2D eigenvalue weighted by atomic mass is 10.2. The van der Waals surface area contributed by atoms with E-state index in [2.05, 4.69) is 15.5 Å². The molecule has 1 heterocycles. The molecule has 0 unspecified atom stereocenters. The molecule has 0 aliphatic heterocycles. The Kier molecular flexibility index (Phi) is 5.67. The fourth-order valence-electron chi connectivity index (χ4n) is 1.99. The van der Waals surface area contributed by atoms with Crippen LogP contribution in [0.15, 0.2) is 57.8 Å². The van der Waals surface area contributed by atoms with Gasteiger partial charge in [-0.25, -0.2) is 4.39 Å². The zero-order valence-electron chi connectivity index (χ0n) is 12.9. The van der Waals surface area contributed by atoms with Crippen molar-refractivity contribution in [2.24, 2.45) is 0 Å². The lowest BCUT2D eigenvalue weighted by molar-refractivity contribution is -0.115. The van der Waals surface area contributed by atoms with E-state index in [0.717, 1.165) is 4.90 Å². The quantitative estimate of drug-likeness (QED) is 0.633. The highest BCUT2D eigenvalue weighted by Gasteiger charge is 2.11. The van der Waals surface area contributed by atoms with E-state index in [1.807, 2.05) is 0 Å². The predicted octanol–water partition coefficient (Wildman–Crippen LogP) is 4.65. The van der Waals surface area contributed by atoms with E-state index in [-0.39, 0.29) is 30.1 Å². The summed E-state index contributed by atoms with van der Waals surface area (Å²) in [6.07, 6.45) is 0.261. The first kappa shape index (κ1) is 17.4. The molecule has 1 N–H and O–H groups in total. The zero-order valence-corrected chi connectivity index (χ0v) is 14.5. The molecule has 0 saturated carbocycles. The Morgan fingerprint density at radius 2 is 2.00 bits per heavy atom. The van der Waals surface area contributed by atoms with Gasteiger partial charge in [0.25, 0.3) is 0 Å². The maximum Gasteiger partial charge on any atom is 0.322 e. The van der Waals surface area contributed by atoms with Gasteiger partial charge in [0.2, 0.25) is 11.8 Å². The van der Waals surface area contributed by atoms with E-state index < -0.39 is 0 Å². The van der Waals surface area contributed by atoms with Crippen LogP contribution in [0.1, 0.15) is 6.42 Å². The number of thioether (sulfide) groups is 1. The number of carbonyl (C=O) groups is 1. The lowest BCUT2D eigenvalue weighted by Crippen LogP contribution is -2.12. The van der Waals surface area contributed by atoms with Crippen LogP contribution in [0.2, 0.25) is 5.02 Å². The lowest BCUT2D eigenvalue weighted by Gasteiger charge is -2.02. The van der Waals surface area contributed by atoms with Gasteiger partial charge in [-0.05, 0) is 42.5 Å². The number of rotatable bonds is 6. The maximum atomic E-state index is 12.8. The molecule has 0 radical (unpaired) electrons. The summed E-state index contributed by atoms with van der Waals surface area (Å²) in [5, 5.41) is 10.8. The summed E-state index contributed by atoms with van der Waals surface area (Å²) in [5.74, 6) is 0.302. The number of hydrogen-bond donors (Lipinski definition) is 1. The van der Waals surface area contributed by atoms with Gasteiger partial charge in [-0.15, -0.1) is 16.9 Å². The number of halogens is 2. The van der Waals surface area contributed by atoms with Crippen molar-refractivity contribution >= 4 is 35.3 Å². The Hall–Kier alpha value is -2.38. The molecular weight excluding hydrogens is 365 g/mol. The molecule has 0 aliphatic rings. The summed E-state index contributed by atoms with van der Waals surface area (Å²) in [4.78, 5) is 12.8. The Bertz CT molecular complexity index is 870. The van der Waals surface area contributed by atoms with Crippen LogP contribution in [-0.2, 0) is 4.79 Å². The molecule has 3 aromatic rings. The Labute approximate surface area is 152 Å². The van der Waals surface area contributed by atoms with Gasteiger partial charge in [0.1, 0.15) is 5.82 Å². The molecule has 0 bridgehead atoms. The maximum absolute atomic E-state index is 12.8. The van der Waals surface area contributed by atoms with Crippen molar-refractivity contribution in [2.45, 2.75) is 11.3 Å². The molecular formula is C17H13ClFN3O2S. The fourth-order valence-corrected chi connectivity index (χ4v) is 3.03. The SMILES string of the molecule is O=C(CCSc1ccc(F)cc1)Nc1nnc(-c2cccc(Cl)c2)o1. The topological polar surface area (TPSA) is 68.0 Å². The van der Waals surface area contributed by atoms with Crippen molar-refractivity contribution in [3.63, 3.8) is 0 Å². The first-order valence-electron chi connectivity index (χ1n) is 7.38. The van der Waals surface area contributed by atoms with Crippen LogP contribution in [0, 0.1) is 5.82 Å². The molecule has 128 valence electrons. The largest absolute Gasteiger partial charge is 0.403 e. The molecule has 0 aliphatic carbocycles. The number of nitrogens with zero attached hydrogens (tertiary/aromatic N) is 2. The summed E-state index contributed by atoms with van der Waals surface area (Å²) < 4.78 is 18.2. The Morgan fingerprint density at radius 1 is 1.20 bits per heavy atom. The second kappa shape index (κ2) is 8.13. The van der Waals surface area contributed by atoms with Gasteiger partial charge in [0.15, 0.2) is 0 Å². The van der Waals surface area contributed by atoms with Crippen molar-refractivity contribution in [1.82, 2.24) is 10.2 Å². The molecule has 0 atom stereocenters. The number of hydrogen-bond acceptors (Lipinski definition) is 5. The van der Waals surface area contributed by atoms with E-state index in [9.17, 15) is 9.18 Å². The Morgan fingerprint density at radius 3 is 2.76 bits per heavy atom. The minimum Gasteiger partial charge on any atom is -0.403 e. The van der Waals surface area contributed by atoms with Crippen LogP contribution in [0.4, 0.5) is 10.4 Å². The number of amides is 1. The molecule has 8 heteroatoms. The monoisotopic (exact) mass is 377 g/mol. The molecule has 0 fully saturated rings. The standard InChI is InChI=1S/C17H13ClFN3O2S/c18-12-3-1-2-11(10-12)16-21-22-17(24-16)20-15(23)8-9-25-14-6-4-13(19)5-7-14/h1-7,10H,8-9H2,(H,20,22,23). The van der Waals surface area contributed by atoms with E-state index in [1.54, 1.807) is 36.4 Å². The number of anilines is 1. The normalized spacial score (nSPS) is 10.6. The molecule has 1 amide bonds. The van der Waals surface area contributed by atoms with E-state index in [4.69, 9.17) is 16.0 Å².